The second kappa shape index (κ2) is 8.20. The lowest BCUT2D eigenvalue weighted by Gasteiger charge is -2.35. The number of anilines is 1. The van der Waals surface area contributed by atoms with E-state index in [4.69, 9.17) is 4.74 Å². The van der Waals surface area contributed by atoms with Gasteiger partial charge in [0.15, 0.2) is 0 Å². The molecule has 0 radical (unpaired) electrons. The van der Waals surface area contributed by atoms with Crippen LogP contribution < -0.4 is 10.1 Å². The molecule has 1 saturated heterocycles. The molecule has 2 rings (SSSR count). The van der Waals surface area contributed by atoms with Gasteiger partial charge >= 0.3 is 6.03 Å². The molecule has 5 heteroatoms. The molecule has 1 aliphatic heterocycles. The first-order chi connectivity index (χ1) is 10.9. The number of ether oxygens (including phenoxy) is 1. The highest BCUT2D eigenvalue weighted by atomic mass is 16.5. The fraction of sp³-hybridized carbons (Fsp3) is 0.611. The Morgan fingerprint density at radius 3 is 2.22 bits per heavy atom. The maximum atomic E-state index is 12.3. The zero-order valence-corrected chi connectivity index (χ0v) is 14.7. The maximum absolute atomic E-state index is 12.3. The number of hydrogen-bond acceptors (Lipinski definition) is 3. The number of nitrogens with zero attached hydrogens (tertiary/aromatic N) is 2. The van der Waals surface area contributed by atoms with E-state index in [1.807, 2.05) is 43.0 Å². The third-order valence-electron chi connectivity index (χ3n) is 3.76. The van der Waals surface area contributed by atoms with Gasteiger partial charge in [0.1, 0.15) is 5.75 Å². The molecule has 1 aliphatic rings. The molecule has 1 N–H and O–H groups in total. The molecule has 0 aromatic heterocycles. The van der Waals surface area contributed by atoms with Gasteiger partial charge in [-0.1, -0.05) is 13.8 Å². The monoisotopic (exact) mass is 319 g/mol. The number of amides is 2. The Morgan fingerprint density at radius 2 is 1.70 bits per heavy atom. The van der Waals surface area contributed by atoms with Gasteiger partial charge < -0.3 is 15.0 Å². The summed E-state index contributed by atoms with van der Waals surface area (Å²) < 4.78 is 5.61. The first kappa shape index (κ1) is 17.6. The summed E-state index contributed by atoms with van der Waals surface area (Å²) in [6.45, 7) is 13.0. The van der Waals surface area contributed by atoms with Gasteiger partial charge in [-0.25, -0.2) is 4.79 Å². The van der Waals surface area contributed by atoms with Crippen LogP contribution >= 0.6 is 0 Å². The van der Waals surface area contributed by atoms with Crippen molar-refractivity contribution in [2.75, 3.05) is 38.0 Å². The minimum absolute atomic E-state index is 0.0216. The van der Waals surface area contributed by atoms with Crippen LogP contribution in [-0.2, 0) is 0 Å². The fourth-order valence-electron chi connectivity index (χ4n) is 2.74. The van der Waals surface area contributed by atoms with Crippen molar-refractivity contribution in [3.63, 3.8) is 0 Å². The fourth-order valence-corrected chi connectivity index (χ4v) is 2.74. The van der Waals surface area contributed by atoms with Crippen LogP contribution in [0.1, 0.15) is 27.7 Å². The van der Waals surface area contributed by atoms with Gasteiger partial charge in [0.2, 0.25) is 0 Å². The largest absolute Gasteiger partial charge is 0.491 e. The molecule has 0 aliphatic carbocycles. The van der Waals surface area contributed by atoms with E-state index >= 15 is 0 Å². The molecule has 0 saturated carbocycles. The Bertz CT molecular complexity index is 491. The Hall–Kier alpha value is -1.75. The normalized spacial score (nSPS) is 16.0. The number of urea groups is 1. The predicted molar refractivity (Wildman–Crippen MR) is 94.1 cm³/mol. The van der Waals surface area contributed by atoms with Crippen molar-refractivity contribution in [3.05, 3.63) is 24.3 Å². The molecule has 1 heterocycles. The maximum Gasteiger partial charge on any atom is 0.321 e. The minimum Gasteiger partial charge on any atom is -0.491 e. The highest BCUT2D eigenvalue weighted by molar-refractivity contribution is 5.89. The van der Waals surface area contributed by atoms with Crippen molar-refractivity contribution in [1.82, 2.24) is 9.80 Å². The van der Waals surface area contributed by atoms with Crippen LogP contribution in [0.3, 0.4) is 0 Å². The van der Waals surface area contributed by atoms with Crippen LogP contribution in [0.4, 0.5) is 10.5 Å². The average molecular weight is 319 g/mol. The Kier molecular flexibility index (Phi) is 6.28. The van der Waals surface area contributed by atoms with Crippen molar-refractivity contribution in [3.8, 4) is 5.75 Å². The average Bonchev–Trinajstić information content (AvgIpc) is 2.49. The lowest BCUT2D eigenvalue weighted by Crippen LogP contribution is -2.50. The van der Waals surface area contributed by atoms with Crippen molar-refractivity contribution in [2.45, 2.75) is 33.8 Å². The van der Waals surface area contributed by atoms with E-state index in [-0.39, 0.29) is 12.1 Å². The molecule has 0 atom stereocenters. The van der Waals surface area contributed by atoms with Gasteiger partial charge in [-0.3, -0.25) is 4.90 Å². The van der Waals surface area contributed by atoms with E-state index in [9.17, 15) is 4.79 Å². The number of rotatable bonds is 5. The molecule has 0 spiro atoms. The lowest BCUT2D eigenvalue weighted by atomic mass is 10.2. The highest BCUT2D eigenvalue weighted by Gasteiger charge is 2.21. The molecule has 23 heavy (non-hydrogen) atoms. The van der Waals surface area contributed by atoms with E-state index in [0.717, 1.165) is 44.2 Å². The highest BCUT2D eigenvalue weighted by Crippen LogP contribution is 2.17. The van der Waals surface area contributed by atoms with Crippen molar-refractivity contribution in [2.24, 2.45) is 5.92 Å². The van der Waals surface area contributed by atoms with Crippen molar-refractivity contribution < 1.29 is 9.53 Å². The third kappa shape index (κ3) is 5.75. The summed E-state index contributed by atoms with van der Waals surface area (Å²) in [5.74, 6) is 1.49. The molecule has 2 amide bonds. The van der Waals surface area contributed by atoms with Crippen LogP contribution in [0.5, 0.6) is 5.75 Å². The number of carbonyl (C=O) groups excluding carboxylic acids is 1. The summed E-state index contributed by atoms with van der Waals surface area (Å²) >= 11 is 0. The Labute approximate surface area is 139 Å². The Balaban J connectivity index is 1.81. The zero-order valence-electron chi connectivity index (χ0n) is 14.7. The second-order valence-corrected chi connectivity index (χ2v) is 6.80. The topological polar surface area (TPSA) is 44.8 Å². The van der Waals surface area contributed by atoms with Gasteiger partial charge in [-0.05, 0) is 44.0 Å². The summed E-state index contributed by atoms with van der Waals surface area (Å²) in [4.78, 5) is 16.6. The molecule has 1 aromatic rings. The van der Waals surface area contributed by atoms with E-state index in [0.29, 0.717) is 5.92 Å². The molecule has 5 nitrogen and oxygen atoms in total. The van der Waals surface area contributed by atoms with E-state index < -0.39 is 0 Å². The van der Waals surface area contributed by atoms with E-state index in [1.54, 1.807) is 0 Å². The van der Waals surface area contributed by atoms with Crippen LogP contribution in [0.15, 0.2) is 24.3 Å². The summed E-state index contributed by atoms with van der Waals surface area (Å²) in [6, 6.07) is 7.51. The molecule has 0 bridgehead atoms. The first-order valence-corrected chi connectivity index (χ1v) is 8.49. The van der Waals surface area contributed by atoms with Gasteiger partial charge in [-0.15, -0.1) is 0 Å². The van der Waals surface area contributed by atoms with Gasteiger partial charge in [0.25, 0.3) is 0 Å². The number of hydrogen-bond donors (Lipinski definition) is 1. The van der Waals surface area contributed by atoms with Crippen molar-refractivity contribution in [1.29, 1.82) is 0 Å². The van der Waals surface area contributed by atoms with Gasteiger partial charge in [-0.2, -0.15) is 0 Å². The molecule has 128 valence electrons. The van der Waals surface area contributed by atoms with Crippen LogP contribution in [-0.4, -0.2) is 54.7 Å². The summed E-state index contributed by atoms with van der Waals surface area (Å²) in [5.41, 5.74) is 0.802. The predicted octanol–water partition coefficient (Wildman–Crippen LogP) is 3.28. The molecule has 1 fully saturated rings. The smallest absolute Gasteiger partial charge is 0.321 e. The standard InChI is InChI=1S/C18H29N3O2/c1-14(2)13-20-9-11-21(12-10-20)18(22)19-16-5-7-17(8-6-16)23-15(3)4/h5-8,14-15H,9-13H2,1-4H3,(H,19,22). The number of nitrogens with one attached hydrogen (secondary N) is 1. The van der Waals surface area contributed by atoms with Crippen LogP contribution in [0.2, 0.25) is 0 Å². The minimum atomic E-state index is -0.0216. The van der Waals surface area contributed by atoms with Crippen LogP contribution in [0, 0.1) is 5.92 Å². The second-order valence-electron chi connectivity index (χ2n) is 6.80. The number of carbonyl (C=O) groups is 1. The summed E-state index contributed by atoms with van der Waals surface area (Å²) in [6.07, 6.45) is 0.151. The van der Waals surface area contributed by atoms with E-state index in [2.05, 4.69) is 24.1 Å². The molecule has 1 aromatic carbocycles. The van der Waals surface area contributed by atoms with Crippen molar-refractivity contribution >= 4 is 11.7 Å². The Morgan fingerprint density at radius 1 is 1.09 bits per heavy atom. The summed E-state index contributed by atoms with van der Waals surface area (Å²) in [7, 11) is 0. The molecular formula is C18H29N3O2. The van der Waals surface area contributed by atoms with E-state index in [1.165, 1.54) is 0 Å². The zero-order chi connectivity index (χ0) is 16.8. The summed E-state index contributed by atoms with van der Waals surface area (Å²) in [5, 5.41) is 2.96. The van der Waals surface area contributed by atoms with Gasteiger partial charge in [0, 0.05) is 38.4 Å². The van der Waals surface area contributed by atoms with Crippen LogP contribution in [0.25, 0.3) is 0 Å². The number of piperazine rings is 1. The third-order valence-corrected chi connectivity index (χ3v) is 3.76. The molecule has 0 unspecified atom stereocenters. The SMILES string of the molecule is CC(C)CN1CCN(C(=O)Nc2ccc(OC(C)C)cc2)CC1. The number of benzene rings is 1. The lowest BCUT2D eigenvalue weighted by molar-refractivity contribution is 0.138. The quantitative estimate of drug-likeness (QED) is 0.906. The molecular weight excluding hydrogens is 290 g/mol. The first-order valence-electron chi connectivity index (χ1n) is 8.49. The van der Waals surface area contributed by atoms with Gasteiger partial charge in [0.05, 0.1) is 6.10 Å².